The highest BCUT2D eigenvalue weighted by atomic mass is 19.1. The van der Waals surface area contributed by atoms with Crippen LogP contribution in [0.3, 0.4) is 0 Å². The topological polar surface area (TPSA) is 84.5 Å². The van der Waals surface area contributed by atoms with Gasteiger partial charge in [0.2, 0.25) is 0 Å². The van der Waals surface area contributed by atoms with Gasteiger partial charge in [-0.1, -0.05) is 37.6 Å². The molecule has 0 saturated carbocycles. The first-order valence-electron chi connectivity index (χ1n) is 11.3. The van der Waals surface area contributed by atoms with Crippen molar-refractivity contribution in [2.45, 2.75) is 26.2 Å². The van der Waals surface area contributed by atoms with E-state index >= 15 is 0 Å². The Morgan fingerprint density at radius 2 is 1.51 bits per heavy atom. The third kappa shape index (κ3) is 7.37. The van der Waals surface area contributed by atoms with Gasteiger partial charge in [-0.05, 0) is 78.6 Å². The summed E-state index contributed by atoms with van der Waals surface area (Å²) in [6, 6.07) is 18.9. The van der Waals surface area contributed by atoms with E-state index in [1.54, 1.807) is 24.3 Å². The molecule has 2 amide bonds. The first-order chi connectivity index (χ1) is 16.9. The summed E-state index contributed by atoms with van der Waals surface area (Å²) in [4.78, 5) is 37.5. The van der Waals surface area contributed by atoms with Gasteiger partial charge in [-0.15, -0.1) is 0 Å². The maximum Gasteiger partial charge on any atom is 0.337 e. The number of carbonyl (C=O) groups excluding carboxylic acids is 3. The lowest BCUT2D eigenvalue weighted by molar-refractivity contribution is -0.113. The van der Waals surface area contributed by atoms with Crippen LogP contribution in [-0.4, -0.2) is 24.9 Å². The second kappa shape index (κ2) is 12.3. The van der Waals surface area contributed by atoms with Crippen molar-refractivity contribution < 1.29 is 23.5 Å². The van der Waals surface area contributed by atoms with Crippen molar-refractivity contribution in [3.8, 4) is 0 Å². The average molecular weight is 475 g/mol. The fourth-order valence-corrected chi connectivity index (χ4v) is 3.29. The molecule has 3 aromatic rings. The Morgan fingerprint density at radius 3 is 2.11 bits per heavy atom. The Kier molecular flexibility index (Phi) is 8.89. The molecule has 0 saturated heterocycles. The first-order valence-corrected chi connectivity index (χ1v) is 11.3. The summed E-state index contributed by atoms with van der Waals surface area (Å²) in [5, 5.41) is 5.36. The molecule has 0 aliphatic carbocycles. The molecule has 6 nitrogen and oxygen atoms in total. The number of hydrogen-bond donors (Lipinski definition) is 2. The number of methoxy groups -OCH3 is 1. The molecule has 35 heavy (non-hydrogen) atoms. The Labute approximate surface area is 203 Å². The van der Waals surface area contributed by atoms with Crippen LogP contribution in [0.1, 0.15) is 51.6 Å². The third-order valence-corrected chi connectivity index (χ3v) is 5.27. The van der Waals surface area contributed by atoms with Gasteiger partial charge in [0, 0.05) is 11.3 Å². The Hall–Kier alpha value is -4.26. The van der Waals surface area contributed by atoms with Gasteiger partial charge in [0.15, 0.2) is 0 Å². The first kappa shape index (κ1) is 25.4. The highest BCUT2D eigenvalue weighted by molar-refractivity contribution is 6.10. The fraction of sp³-hybridized carbons (Fsp3) is 0.179. The van der Waals surface area contributed by atoms with E-state index < -0.39 is 23.6 Å². The van der Waals surface area contributed by atoms with Gasteiger partial charge in [0.05, 0.1) is 12.7 Å². The largest absolute Gasteiger partial charge is 0.465 e. The van der Waals surface area contributed by atoms with Crippen molar-refractivity contribution in [3.05, 3.63) is 107 Å². The minimum atomic E-state index is -0.576. The zero-order chi connectivity index (χ0) is 25.2. The summed E-state index contributed by atoms with van der Waals surface area (Å²) >= 11 is 0. The van der Waals surface area contributed by atoms with E-state index in [4.69, 9.17) is 0 Å². The normalized spacial score (nSPS) is 11.0. The molecule has 3 aromatic carbocycles. The summed E-state index contributed by atoms with van der Waals surface area (Å²) in [6.45, 7) is 2.12. The van der Waals surface area contributed by atoms with Gasteiger partial charge in [-0.25, -0.2) is 9.18 Å². The predicted molar refractivity (Wildman–Crippen MR) is 133 cm³/mol. The second-order valence-corrected chi connectivity index (χ2v) is 7.89. The smallest absolute Gasteiger partial charge is 0.337 e. The number of ether oxygens (including phenoxy) is 1. The van der Waals surface area contributed by atoms with Crippen molar-refractivity contribution in [1.82, 2.24) is 5.32 Å². The number of amides is 2. The van der Waals surface area contributed by atoms with Gasteiger partial charge in [-0.3, -0.25) is 9.59 Å². The van der Waals surface area contributed by atoms with Crippen molar-refractivity contribution in [2.24, 2.45) is 0 Å². The number of nitrogens with one attached hydrogen (secondary N) is 2. The van der Waals surface area contributed by atoms with E-state index in [0.29, 0.717) is 22.4 Å². The molecular weight excluding hydrogens is 447 g/mol. The number of unbranched alkanes of at least 4 members (excludes halogenated alkanes) is 1. The quantitative estimate of drug-likeness (QED) is 0.323. The van der Waals surface area contributed by atoms with Crippen molar-refractivity contribution in [3.63, 3.8) is 0 Å². The fourth-order valence-electron chi connectivity index (χ4n) is 3.29. The van der Waals surface area contributed by atoms with E-state index in [1.165, 1.54) is 49.6 Å². The number of anilines is 1. The number of carbonyl (C=O) groups is 3. The number of rotatable bonds is 9. The molecule has 0 aromatic heterocycles. The lowest BCUT2D eigenvalue weighted by atomic mass is 10.1. The van der Waals surface area contributed by atoms with E-state index in [2.05, 4.69) is 22.3 Å². The molecular formula is C28H27FN2O4. The number of esters is 1. The molecule has 0 unspecified atom stereocenters. The molecule has 7 heteroatoms. The number of benzene rings is 3. The van der Waals surface area contributed by atoms with Crippen LogP contribution in [0, 0.1) is 5.82 Å². The van der Waals surface area contributed by atoms with Gasteiger partial charge >= 0.3 is 5.97 Å². The molecule has 0 heterocycles. The standard InChI is InChI=1S/C28H27FN2O4/c1-3-4-5-19-6-10-21(11-7-19)26(32)31-25(18-20-8-14-23(29)15-9-20)27(33)30-24-16-12-22(13-17-24)28(34)35-2/h6-18H,3-5H2,1-2H3,(H,30,33)(H,31,32). The van der Waals surface area contributed by atoms with Crippen LogP contribution >= 0.6 is 0 Å². The van der Waals surface area contributed by atoms with Crippen LogP contribution in [0.4, 0.5) is 10.1 Å². The summed E-state index contributed by atoms with van der Waals surface area (Å²) in [7, 11) is 1.28. The summed E-state index contributed by atoms with van der Waals surface area (Å²) < 4.78 is 18.0. The zero-order valence-corrected chi connectivity index (χ0v) is 19.6. The van der Waals surface area contributed by atoms with Crippen LogP contribution < -0.4 is 10.6 Å². The van der Waals surface area contributed by atoms with E-state index in [9.17, 15) is 18.8 Å². The molecule has 180 valence electrons. The van der Waals surface area contributed by atoms with Crippen LogP contribution in [0.5, 0.6) is 0 Å². The van der Waals surface area contributed by atoms with Crippen molar-refractivity contribution >= 4 is 29.5 Å². The zero-order valence-electron chi connectivity index (χ0n) is 19.6. The van der Waals surface area contributed by atoms with E-state index in [0.717, 1.165) is 24.8 Å². The minimum absolute atomic E-state index is 0.0197. The Morgan fingerprint density at radius 1 is 0.886 bits per heavy atom. The third-order valence-electron chi connectivity index (χ3n) is 5.27. The Balaban J connectivity index is 1.80. The van der Waals surface area contributed by atoms with Crippen LogP contribution in [-0.2, 0) is 16.0 Å². The Bertz CT molecular complexity index is 1200. The highest BCUT2D eigenvalue weighted by Gasteiger charge is 2.16. The monoisotopic (exact) mass is 474 g/mol. The van der Waals surface area contributed by atoms with Crippen LogP contribution in [0.2, 0.25) is 0 Å². The van der Waals surface area contributed by atoms with Gasteiger partial charge in [0.1, 0.15) is 11.5 Å². The second-order valence-electron chi connectivity index (χ2n) is 7.89. The molecule has 0 fully saturated rings. The van der Waals surface area contributed by atoms with Gasteiger partial charge < -0.3 is 15.4 Å². The lowest BCUT2D eigenvalue weighted by Gasteiger charge is -2.12. The van der Waals surface area contributed by atoms with E-state index in [-0.39, 0.29) is 5.70 Å². The molecule has 0 bridgehead atoms. The number of halogens is 1. The number of aryl methyl sites for hydroxylation is 1. The average Bonchev–Trinajstić information content (AvgIpc) is 2.88. The van der Waals surface area contributed by atoms with Crippen molar-refractivity contribution in [1.29, 1.82) is 0 Å². The molecule has 0 radical (unpaired) electrons. The molecule has 0 atom stereocenters. The van der Waals surface area contributed by atoms with Gasteiger partial charge in [0.25, 0.3) is 11.8 Å². The molecule has 3 rings (SSSR count). The summed E-state index contributed by atoms with van der Waals surface area (Å²) in [5.74, 6) is -1.93. The van der Waals surface area contributed by atoms with Crippen LogP contribution in [0.25, 0.3) is 6.08 Å². The number of hydrogen-bond acceptors (Lipinski definition) is 4. The summed E-state index contributed by atoms with van der Waals surface area (Å²) in [5.41, 5.74) is 2.82. The SMILES string of the molecule is CCCCc1ccc(C(=O)NC(=Cc2ccc(F)cc2)C(=O)Nc2ccc(C(=O)OC)cc2)cc1. The van der Waals surface area contributed by atoms with Gasteiger partial charge in [-0.2, -0.15) is 0 Å². The maximum absolute atomic E-state index is 13.3. The van der Waals surface area contributed by atoms with Crippen molar-refractivity contribution in [2.75, 3.05) is 12.4 Å². The maximum atomic E-state index is 13.3. The molecule has 2 N–H and O–H groups in total. The minimum Gasteiger partial charge on any atom is -0.465 e. The molecule has 0 aliphatic rings. The molecule has 0 spiro atoms. The highest BCUT2D eigenvalue weighted by Crippen LogP contribution is 2.14. The lowest BCUT2D eigenvalue weighted by Crippen LogP contribution is -2.30. The molecule has 0 aliphatic heterocycles. The van der Waals surface area contributed by atoms with E-state index in [1.807, 2.05) is 12.1 Å². The summed E-state index contributed by atoms with van der Waals surface area (Å²) in [6.07, 6.45) is 4.55. The van der Waals surface area contributed by atoms with Crippen LogP contribution in [0.15, 0.2) is 78.5 Å². The predicted octanol–water partition coefficient (Wildman–Crippen LogP) is 5.36.